The van der Waals surface area contributed by atoms with E-state index in [4.69, 9.17) is 16.7 Å². The smallest absolute Gasteiger partial charge is 0.306 e. The largest absolute Gasteiger partial charge is 0.481 e. The van der Waals surface area contributed by atoms with Gasteiger partial charge in [-0.2, -0.15) is 0 Å². The molecule has 1 aliphatic carbocycles. The molecule has 1 aromatic rings. The summed E-state index contributed by atoms with van der Waals surface area (Å²) in [5, 5.41) is 9.85. The fraction of sp³-hybridized carbons (Fsp3) is 0.529. The monoisotopic (exact) mass is 321 g/mol. The van der Waals surface area contributed by atoms with Gasteiger partial charge in [-0.25, -0.2) is 0 Å². The predicted octanol–water partition coefficient (Wildman–Crippen LogP) is 3.51. The van der Waals surface area contributed by atoms with Crippen LogP contribution in [0.1, 0.15) is 37.7 Å². The van der Waals surface area contributed by atoms with Gasteiger partial charge in [0.15, 0.2) is 0 Å². The standard InChI is InChI=1S/C17H20ClNO3/c18-14-6-7-15-13(10-14)8-9-19(15)16(20)11-2-1-3-12(5-4-11)17(21)22/h6-7,10-12H,1-5,8-9H2,(H,21,22). The molecule has 1 saturated carbocycles. The van der Waals surface area contributed by atoms with Crippen LogP contribution in [0.15, 0.2) is 18.2 Å². The van der Waals surface area contributed by atoms with Crippen LogP contribution in [0, 0.1) is 11.8 Å². The van der Waals surface area contributed by atoms with Crippen LogP contribution < -0.4 is 4.90 Å². The van der Waals surface area contributed by atoms with Crippen molar-refractivity contribution in [1.29, 1.82) is 0 Å². The van der Waals surface area contributed by atoms with Crippen molar-refractivity contribution in [1.82, 2.24) is 0 Å². The summed E-state index contributed by atoms with van der Waals surface area (Å²) in [5.41, 5.74) is 2.09. The van der Waals surface area contributed by atoms with Gasteiger partial charge in [0, 0.05) is 23.2 Å². The van der Waals surface area contributed by atoms with Crippen molar-refractivity contribution < 1.29 is 14.7 Å². The molecule has 0 aromatic heterocycles. The Morgan fingerprint density at radius 3 is 2.64 bits per heavy atom. The molecule has 1 aliphatic heterocycles. The molecule has 2 unspecified atom stereocenters. The minimum atomic E-state index is -0.728. The number of hydrogen-bond acceptors (Lipinski definition) is 2. The second-order valence-electron chi connectivity index (χ2n) is 6.25. The van der Waals surface area contributed by atoms with Gasteiger partial charge in [0.05, 0.1) is 5.92 Å². The van der Waals surface area contributed by atoms with Crippen LogP contribution in [-0.2, 0) is 16.0 Å². The molecule has 0 bridgehead atoms. The summed E-state index contributed by atoms with van der Waals surface area (Å²) in [4.78, 5) is 25.8. The highest BCUT2D eigenvalue weighted by Gasteiger charge is 2.33. The Hall–Kier alpha value is -1.55. The van der Waals surface area contributed by atoms with Crippen molar-refractivity contribution in [3.05, 3.63) is 28.8 Å². The van der Waals surface area contributed by atoms with Gasteiger partial charge in [-0.05, 0) is 55.9 Å². The summed E-state index contributed by atoms with van der Waals surface area (Å²) in [6.45, 7) is 0.702. The Kier molecular flexibility index (Phi) is 4.39. The first-order chi connectivity index (χ1) is 10.6. The van der Waals surface area contributed by atoms with E-state index in [1.807, 2.05) is 23.1 Å². The number of aliphatic carboxylic acids is 1. The van der Waals surface area contributed by atoms with Gasteiger partial charge >= 0.3 is 5.97 Å². The number of carbonyl (C=O) groups excluding carboxylic acids is 1. The van der Waals surface area contributed by atoms with Gasteiger partial charge in [0.2, 0.25) is 5.91 Å². The number of rotatable bonds is 2. The molecular formula is C17H20ClNO3. The Bertz CT molecular complexity index is 602. The predicted molar refractivity (Wildman–Crippen MR) is 85.2 cm³/mol. The van der Waals surface area contributed by atoms with Crippen LogP contribution in [0.5, 0.6) is 0 Å². The van der Waals surface area contributed by atoms with E-state index >= 15 is 0 Å². The Balaban J connectivity index is 1.72. The first-order valence-electron chi connectivity index (χ1n) is 7.89. The lowest BCUT2D eigenvalue weighted by Crippen LogP contribution is -2.34. The average molecular weight is 322 g/mol. The molecule has 1 amide bonds. The van der Waals surface area contributed by atoms with Crippen LogP contribution in [0.25, 0.3) is 0 Å². The maximum atomic E-state index is 12.8. The van der Waals surface area contributed by atoms with Crippen molar-refractivity contribution in [3.8, 4) is 0 Å². The summed E-state index contributed by atoms with van der Waals surface area (Å²) in [7, 11) is 0. The summed E-state index contributed by atoms with van der Waals surface area (Å²) in [6.07, 6.45) is 4.41. The summed E-state index contributed by atoms with van der Waals surface area (Å²) < 4.78 is 0. The lowest BCUT2D eigenvalue weighted by Gasteiger charge is -2.23. The molecule has 3 rings (SSSR count). The Morgan fingerprint density at radius 2 is 1.86 bits per heavy atom. The van der Waals surface area contributed by atoms with Gasteiger partial charge in [-0.1, -0.05) is 18.0 Å². The maximum absolute atomic E-state index is 12.8. The number of fused-ring (bicyclic) bond motifs is 1. The van der Waals surface area contributed by atoms with E-state index in [1.54, 1.807) is 0 Å². The van der Waals surface area contributed by atoms with E-state index in [1.165, 1.54) is 0 Å². The number of anilines is 1. The molecular weight excluding hydrogens is 302 g/mol. The topological polar surface area (TPSA) is 57.6 Å². The van der Waals surface area contributed by atoms with Gasteiger partial charge in [0.1, 0.15) is 0 Å². The van der Waals surface area contributed by atoms with E-state index in [0.717, 1.165) is 30.5 Å². The second kappa shape index (κ2) is 6.29. The first kappa shape index (κ1) is 15.3. The number of nitrogens with zero attached hydrogens (tertiary/aromatic N) is 1. The van der Waals surface area contributed by atoms with Gasteiger partial charge in [0.25, 0.3) is 0 Å². The van der Waals surface area contributed by atoms with Crippen LogP contribution >= 0.6 is 11.6 Å². The average Bonchev–Trinajstić information content (AvgIpc) is 2.74. The van der Waals surface area contributed by atoms with E-state index in [9.17, 15) is 9.59 Å². The fourth-order valence-electron chi connectivity index (χ4n) is 3.62. The molecule has 0 radical (unpaired) electrons. The SMILES string of the molecule is O=C(O)C1CCCC(C(=O)N2CCc3cc(Cl)ccc32)CC1. The number of benzene rings is 1. The zero-order chi connectivity index (χ0) is 15.7. The number of amides is 1. The van der Waals surface area contributed by atoms with Gasteiger partial charge in [-0.15, -0.1) is 0 Å². The Labute approximate surface area is 135 Å². The lowest BCUT2D eigenvalue weighted by atomic mass is 9.97. The number of carboxylic acids is 1. The van der Waals surface area contributed by atoms with Crippen molar-refractivity contribution in [2.24, 2.45) is 11.8 Å². The molecule has 1 fully saturated rings. The molecule has 0 saturated heterocycles. The van der Waals surface area contributed by atoms with Gasteiger partial charge < -0.3 is 10.0 Å². The molecule has 5 heteroatoms. The third kappa shape index (κ3) is 2.98. The van der Waals surface area contributed by atoms with E-state index in [0.29, 0.717) is 30.8 Å². The summed E-state index contributed by atoms with van der Waals surface area (Å²) in [5.74, 6) is -0.921. The summed E-state index contributed by atoms with van der Waals surface area (Å²) >= 11 is 6.01. The van der Waals surface area contributed by atoms with Crippen molar-refractivity contribution in [2.75, 3.05) is 11.4 Å². The first-order valence-corrected chi connectivity index (χ1v) is 8.26. The highest BCUT2D eigenvalue weighted by Crippen LogP contribution is 2.34. The van der Waals surface area contributed by atoms with Crippen LogP contribution in [0.2, 0.25) is 5.02 Å². The molecule has 22 heavy (non-hydrogen) atoms. The number of hydrogen-bond donors (Lipinski definition) is 1. The zero-order valence-electron chi connectivity index (χ0n) is 12.4. The minimum absolute atomic E-state index is 0.0500. The third-order valence-corrected chi connectivity index (χ3v) is 5.11. The molecule has 118 valence electrons. The van der Waals surface area contributed by atoms with Crippen LogP contribution in [-0.4, -0.2) is 23.5 Å². The van der Waals surface area contributed by atoms with Crippen molar-refractivity contribution in [3.63, 3.8) is 0 Å². The number of halogens is 1. The van der Waals surface area contributed by atoms with E-state index < -0.39 is 5.97 Å². The highest BCUT2D eigenvalue weighted by molar-refractivity contribution is 6.30. The molecule has 4 nitrogen and oxygen atoms in total. The van der Waals surface area contributed by atoms with E-state index in [2.05, 4.69) is 0 Å². The van der Waals surface area contributed by atoms with Crippen LogP contribution in [0.4, 0.5) is 5.69 Å². The lowest BCUT2D eigenvalue weighted by molar-refractivity contribution is -0.142. The number of carbonyl (C=O) groups is 2. The maximum Gasteiger partial charge on any atom is 0.306 e. The molecule has 0 spiro atoms. The fourth-order valence-corrected chi connectivity index (χ4v) is 3.81. The normalized spacial score (nSPS) is 24.7. The number of carboxylic acid groups (broad SMARTS) is 1. The second-order valence-corrected chi connectivity index (χ2v) is 6.69. The van der Waals surface area contributed by atoms with Crippen molar-refractivity contribution >= 4 is 29.2 Å². The molecule has 2 aliphatic rings. The Morgan fingerprint density at radius 1 is 1.14 bits per heavy atom. The third-order valence-electron chi connectivity index (χ3n) is 4.87. The highest BCUT2D eigenvalue weighted by atomic mass is 35.5. The summed E-state index contributed by atoms with van der Waals surface area (Å²) in [6, 6.07) is 5.66. The minimum Gasteiger partial charge on any atom is -0.481 e. The zero-order valence-corrected chi connectivity index (χ0v) is 13.2. The molecule has 1 N–H and O–H groups in total. The molecule has 1 heterocycles. The van der Waals surface area contributed by atoms with E-state index in [-0.39, 0.29) is 17.7 Å². The van der Waals surface area contributed by atoms with Crippen LogP contribution in [0.3, 0.4) is 0 Å². The quantitative estimate of drug-likeness (QED) is 0.848. The van der Waals surface area contributed by atoms with Crippen molar-refractivity contribution in [2.45, 2.75) is 38.5 Å². The molecule has 2 atom stereocenters. The molecule has 1 aromatic carbocycles. The van der Waals surface area contributed by atoms with Gasteiger partial charge in [-0.3, -0.25) is 9.59 Å².